The standard InChI is InChI=1S/C12H9BrFNO/c1-8-2-3-11(10(13)6-8)16-9-4-5-15-12(14)7-9/h2-7H,1H3. The lowest BCUT2D eigenvalue weighted by molar-refractivity contribution is 0.469. The Labute approximate surface area is 101 Å². The van der Waals surface area contributed by atoms with Gasteiger partial charge in [0.25, 0.3) is 0 Å². The molecule has 0 aliphatic heterocycles. The van der Waals surface area contributed by atoms with Crippen molar-refractivity contribution in [2.75, 3.05) is 0 Å². The van der Waals surface area contributed by atoms with E-state index in [1.54, 1.807) is 6.07 Å². The second-order valence-electron chi connectivity index (χ2n) is 3.35. The number of halogens is 2. The van der Waals surface area contributed by atoms with Crippen LogP contribution in [0.5, 0.6) is 11.5 Å². The number of aromatic nitrogens is 1. The maximum atomic E-state index is 12.8. The van der Waals surface area contributed by atoms with Crippen LogP contribution in [0.1, 0.15) is 5.56 Å². The quantitative estimate of drug-likeness (QED) is 0.774. The average molecular weight is 282 g/mol. The Morgan fingerprint density at radius 1 is 1.25 bits per heavy atom. The van der Waals surface area contributed by atoms with Gasteiger partial charge in [-0.3, -0.25) is 0 Å². The first kappa shape index (κ1) is 11.1. The summed E-state index contributed by atoms with van der Waals surface area (Å²) in [7, 11) is 0. The van der Waals surface area contributed by atoms with Gasteiger partial charge in [0.15, 0.2) is 0 Å². The first-order valence-corrected chi connectivity index (χ1v) is 5.50. The average Bonchev–Trinajstić information content (AvgIpc) is 2.22. The monoisotopic (exact) mass is 281 g/mol. The highest BCUT2D eigenvalue weighted by atomic mass is 79.9. The number of hydrogen-bond acceptors (Lipinski definition) is 2. The molecule has 0 N–H and O–H groups in total. The third-order valence-corrected chi connectivity index (χ3v) is 2.63. The van der Waals surface area contributed by atoms with Crippen LogP contribution in [-0.2, 0) is 0 Å². The summed E-state index contributed by atoms with van der Waals surface area (Å²) >= 11 is 3.39. The number of pyridine rings is 1. The van der Waals surface area contributed by atoms with Gasteiger partial charge in [-0.25, -0.2) is 4.98 Å². The molecule has 0 saturated heterocycles. The normalized spacial score (nSPS) is 10.2. The summed E-state index contributed by atoms with van der Waals surface area (Å²) in [6, 6.07) is 8.55. The van der Waals surface area contributed by atoms with Crippen LogP contribution in [0.4, 0.5) is 4.39 Å². The number of benzene rings is 1. The zero-order valence-electron chi connectivity index (χ0n) is 8.58. The molecule has 2 aromatic rings. The first-order valence-electron chi connectivity index (χ1n) is 4.71. The molecule has 2 rings (SSSR count). The molecule has 0 aliphatic carbocycles. The fourth-order valence-electron chi connectivity index (χ4n) is 1.26. The smallest absolute Gasteiger partial charge is 0.216 e. The molecule has 0 saturated carbocycles. The molecular formula is C12H9BrFNO. The van der Waals surface area contributed by atoms with Gasteiger partial charge >= 0.3 is 0 Å². The predicted octanol–water partition coefficient (Wildman–Crippen LogP) is 4.08. The van der Waals surface area contributed by atoms with E-state index in [2.05, 4.69) is 20.9 Å². The number of ether oxygens (including phenoxy) is 1. The summed E-state index contributed by atoms with van der Waals surface area (Å²) in [5.41, 5.74) is 1.13. The molecule has 0 fully saturated rings. The van der Waals surface area contributed by atoms with E-state index in [9.17, 15) is 4.39 Å². The summed E-state index contributed by atoms with van der Waals surface area (Å²) in [5.74, 6) is 0.522. The second-order valence-corrected chi connectivity index (χ2v) is 4.20. The van der Waals surface area contributed by atoms with Crippen LogP contribution in [0.3, 0.4) is 0 Å². The maximum Gasteiger partial charge on any atom is 0.216 e. The zero-order chi connectivity index (χ0) is 11.5. The minimum Gasteiger partial charge on any atom is -0.456 e. The summed E-state index contributed by atoms with van der Waals surface area (Å²) < 4.78 is 19.2. The molecule has 0 aliphatic rings. The lowest BCUT2D eigenvalue weighted by atomic mass is 10.2. The molecular weight excluding hydrogens is 273 g/mol. The molecule has 0 amide bonds. The lowest BCUT2D eigenvalue weighted by Crippen LogP contribution is -1.88. The fourth-order valence-corrected chi connectivity index (χ4v) is 1.84. The van der Waals surface area contributed by atoms with Gasteiger partial charge in [0, 0.05) is 12.3 Å². The van der Waals surface area contributed by atoms with Crippen LogP contribution in [0, 0.1) is 12.9 Å². The highest BCUT2D eigenvalue weighted by Crippen LogP contribution is 2.30. The minimum absolute atomic E-state index is 0.428. The molecule has 82 valence electrons. The molecule has 0 atom stereocenters. The van der Waals surface area contributed by atoms with Crippen molar-refractivity contribution < 1.29 is 9.13 Å². The number of hydrogen-bond donors (Lipinski definition) is 0. The largest absolute Gasteiger partial charge is 0.456 e. The Morgan fingerprint density at radius 3 is 2.75 bits per heavy atom. The Hall–Kier alpha value is -1.42. The second kappa shape index (κ2) is 4.61. The van der Waals surface area contributed by atoms with Crippen molar-refractivity contribution in [3.8, 4) is 11.5 Å². The number of nitrogens with zero attached hydrogens (tertiary/aromatic N) is 1. The van der Waals surface area contributed by atoms with Crippen molar-refractivity contribution in [3.63, 3.8) is 0 Å². The van der Waals surface area contributed by atoms with Gasteiger partial charge in [0.05, 0.1) is 4.47 Å². The van der Waals surface area contributed by atoms with Crippen molar-refractivity contribution >= 4 is 15.9 Å². The maximum absolute atomic E-state index is 12.8. The predicted molar refractivity (Wildman–Crippen MR) is 63.1 cm³/mol. The van der Waals surface area contributed by atoms with Crippen LogP contribution >= 0.6 is 15.9 Å². The van der Waals surface area contributed by atoms with Gasteiger partial charge in [0.2, 0.25) is 5.95 Å². The van der Waals surface area contributed by atoms with Gasteiger partial charge in [-0.2, -0.15) is 4.39 Å². The lowest BCUT2D eigenvalue weighted by Gasteiger charge is -2.07. The SMILES string of the molecule is Cc1ccc(Oc2ccnc(F)c2)c(Br)c1. The Balaban J connectivity index is 2.27. The van der Waals surface area contributed by atoms with Crippen LogP contribution in [0.15, 0.2) is 41.0 Å². The molecule has 0 bridgehead atoms. The first-order chi connectivity index (χ1) is 7.65. The fraction of sp³-hybridized carbons (Fsp3) is 0.0833. The van der Waals surface area contributed by atoms with E-state index in [0.29, 0.717) is 11.5 Å². The highest BCUT2D eigenvalue weighted by molar-refractivity contribution is 9.10. The van der Waals surface area contributed by atoms with Crippen molar-refractivity contribution in [2.45, 2.75) is 6.92 Å². The van der Waals surface area contributed by atoms with Gasteiger partial charge in [-0.05, 0) is 46.6 Å². The van der Waals surface area contributed by atoms with E-state index >= 15 is 0 Å². The molecule has 0 radical (unpaired) electrons. The molecule has 0 spiro atoms. The molecule has 2 nitrogen and oxygen atoms in total. The topological polar surface area (TPSA) is 22.1 Å². The number of aryl methyl sites for hydroxylation is 1. The van der Waals surface area contributed by atoms with Crippen LogP contribution in [0.25, 0.3) is 0 Å². The third kappa shape index (κ3) is 2.58. The van der Waals surface area contributed by atoms with Gasteiger partial charge in [0.1, 0.15) is 11.5 Å². The van der Waals surface area contributed by atoms with E-state index in [1.807, 2.05) is 25.1 Å². The van der Waals surface area contributed by atoms with Gasteiger partial charge in [-0.15, -0.1) is 0 Å². The molecule has 1 heterocycles. The summed E-state index contributed by atoms with van der Waals surface area (Å²) in [6.45, 7) is 1.99. The van der Waals surface area contributed by atoms with E-state index in [0.717, 1.165) is 10.0 Å². The summed E-state index contributed by atoms with van der Waals surface area (Å²) in [6.07, 6.45) is 1.37. The van der Waals surface area contributed by atoms with Crippen molar-refractivity contribution in [3.05, 3.63) is 52.5 Å². The van der Waals surface area contributed by atoms with E-state index in [-0.39, 0.29) is 0 Å². The Morgan fingerprint density at radius 2 is 2.06 bits per heavy atom. The van der Waals surface area contributed by atoms with Crippen LogP contribution in [-0.4, -0.2) is 4.98 Å². The Bertz CT molecular complexity index is 516. The molecule has 4 heteroatoms. The van der Waals surface area contributed by atoms with Crippen molar-refractivity contribution in [1.29, 1.82) is 0 Å². The minimum atomic E-state index is -0.555. The van der Waals surface area contributed by atoms with E-state index < -0.39 is 5.95 Å². The van der Waals surface area contributed by atoms with Crippen molar-refractivity contribution in [1.82, 2.24) is 4.98 Å². The Kier molecular flexibility index (Phi) is 3.19. The molecule has 1 aromatic heterocycles. The molecule has 16 heavy (non-hydrogen) atoms. The van der Waals surface area contributed by atoms with Crippen LogP contribution < -0.4 is 4.74 Å². The van der Waals surface area contributed by atoms with Crippen LogP contribution in [0.2, 0.25) is 0 Å². The van der Waals surface area contributed by atoms with Gasteiger partial charge in [-0.1, -0.05) is 6.07 Å². The van der Waals surface area contributed by atoms with E-state index in [4.69, 9.17) is 4.74 Å². The number of rotatable bonds is 2. The zero-order valence-corrected chi connectivity index (χ0v) is 10.2. The summed E-state index contributed by atoms with van der Waals surface area (Å²) in [5, 5.41) is 0. The van der Waals surface area contributed by atoms with Crippen molar-refractivity contribution in [2.24, 2.45) is 0 Å². The third-order valence-electron chi connectivity index (χ3n) is 2.01. The summed E-state index contributed by atoms with van der Waals surface area (Å²) in [4.78, 5) is 3.46. The highest BCUT2D eigenvalue weighted by Gasteiger charge is 2.03. The molecule has 1 aromatic carbocycles. The molecule has 0 unspecified atom stereocenters. The van der Waals surface area contributed by atoms with E-state index in [1.165, 1.54) is 12.3 Å². The van der Waals surface area contributed by atoms with Gasteiger partial charge < -0.3 is 4.74 Å².